The topological polar surface area (TPSA) is 38.7 Å². The van der Waals surface area contributed by atoms with E-state index in [4.69, 9.17) is 16.6 Å². The lowest BCUT2D eigenvalue weighted by Crippen LogP contribution is -2.09. The van der Waals surface area contributed by atoms with E-state index in [0.717, 1.165) is 40.7 Å². The lowest BCUT2D eigenvalue weighted by atomic mass is 9.97. The highest BCUT2D eigenvalue weighted by molar-refractivity contribution is 6.30. The first kappa shape index (κ1) is 12.7. The molecule has 0 saturated heterocycles. The van der Waals surface area contributed by atoms with Crippen LogP contribution in [0.3, 0.4) is 0 Å². The van der Waals surface area contributed by atoms with Crippen LogP contribution < -0.4 is 0 Å². The number of aromatic nitrogens is 3. The zero-order chi connectivity index (χ0) is 14.2. The first-order chi connectivity index (χ1) is 10.3. The Kier molecular flexibility index (Phi) is 3.08. The van der Waals surface area contributed by atoms with E-state index in [0.29, 0.717) is 11.0 Å². The fourth-order valence-corrected chi connectivity index (χ4v) is 3.14. The van der Waals surface area contributed by atoms with Gasteiger partial charge in [0.1, 0.15) is 10.8 Å². The third-order valence-electron chi connectivity index (χ3n) is 3.96. The molecule has 2 aromatic heterocycles. The molecule has 0 fully saturated rings. The highest BCUT2D eigenvalue weighted by atomic mass is 35.5. The number of para-hydroxylation sites is 1. The van der Waals surface area contributed by atoms with Crippen LogP contribution in [0.4, 0.5) is 0 Å². The molecule has 2 heterocycles. The van der Waals surface area contributed by atoms with Crippen LogP contribution >= 0.6 is 11.6 Å². The number of hydrogen-bond acceptors (Lipinski definition) is 3. The molecule has 3 nitrogen and oxygen atoms in total. The lowest BCUT2D eigenvalue weighted by molar-refractivity contribution is 0.663. The average Bonchev–Trinajstić information content (AvgIpc) is 2.54. The van der Waals surface area contributed by atoms with Crippen molar-refractivity contribution in [2.75, 3.05) is 0 Å². The maximum Gasteiger partial charge on any atom is 0.179 e. The SMILES string of the molecule is Clc1nc(-c2ccc3ccccc3n2)nc2c1CCCC2. The summed E-state index contributed by atoms with van der Waals surface area (Å²) in [5.74, 6) is 0.631. The molecule has 1 aromatic carbocycles. The van der Waals surface area contributed by atoms with Crippen LogP contribution in [0.25, 0.3) is 22.4 Å². The van der Waals surface area contributed by atoms with Gasteiger partial charge in [0.15, 0.2) is 5.82 Å². The molecule has 0 radical (unpaired) electrons. The van der Waals surface area contributed by atoms with Crippen LogP contribution in [0.1, 0.15) is 24.1 Å². The summed E-state index contributed by atoms with van der Waals surface area (Å²) in [7, 11) is 0. The summed E-state index contributed by atoms with van der Waals surface area (Å²) in [6, 6.07) is 12.1. The van der Waals surface area contributed by atoms with E-state index >= 15 is 0 Å². The standard InChI is InChI=1S/C17H14ClN3/c18-16-12-6-2-4-8-14(12)20-17(21-16)15-10-9-11-5-1-3-7-13(11)19-15/h1,3,5,7,9-10H,2,4,6,8H2. The molecule has 0 bridgehead atoms. The molecule has 4 heteroatoms. The fourth-order valence-electron chi connectivity index (χ4n) is 2.85. The van der Waals surface area contributed by atoms with Crippen molar-refractivity contribution in [3.63, 3.8) is 0 Å². The Bertz CT molecular complexity index is 829. The van der Waals surface area contributed by atoms with Gasteiger partial charge in [0.25, 0.3) is 0 Å². The molecule has 0 amide bonds. The second-order valence-electron chi connectivity index (χ2n) is 5.36. The molecule has 0 atom stereocenters. The normalized spacial score (nSPS) is 14.1. The summed E-state index contributed by atoms with van der Waals surface area (Å²) in [6.07, 6.45) is 4.31. The predicted molar refractivity (Wildman–Crippen MR) is 84.4 cm³/mol. The van der Waals surface area contributed by atoms with Gasteiger partial charge in [-0.1, -0.05) is 35.9 Å². The molecule has 0 N–H and O–H groups in total. The van der Waals surface area contributed by atoms with Gasteiger partial charge < -0.3 is 0 Å². The minimum atomic E-state index is 0.588. The van der Waals surface area contributed by atoms with E-state index in [1.807, 2.05) is 36.4 Å². The van der Waals surface area contributed by atoms with E-state index < -0.39 is 0 Å². The molecule has 3 aromatic rings. The molecular formula is C17H14ClN3. The van der Waals surface area contributed by atoms with Gasteiger partial charge in [0.2, 0.25) is 0 Å². The van der Waals surface area contributed by atoms with Crippen LogP contribution in [-0.2, 0) is 12.8 Å². The van der Waals surface area contributed by atoms with Crippen LogP contribution in [-0.4, -0.2) is 15.0 Å². The van der Waals surface area contributed by atoms with E-state index in [1.165, 1.54) is 12.8 Å². The molecule has 0 spiro atoms. The maximum absolute atomic E-state index is 6.34. The molecule has 104 valence electrons. The van der Waals surface area contributed by atoms with Crippen molar-refractivity contribution in [3.8, 4) is 11.5 Å². The van der Waals surface area contributed by atoms with Gasteiger partial charge in [-0.2, -0.15) is 0 Å². The largest absolute Gasteiger partial charge is 0.244 e. The van der Waals surface area contributed by atoms with Crippen LogP contribution in [0.15, 0.2) is 36.4 Å². The van der Waals surface area contributed by atoms with Gasteiger partial charge in [0, 0.05) is 16.6 Å². The second kappa shape index (κ2) is 5.08. The van der Waals surface area contributed by atoms with Crippen molar-refractivity contribution in [2.45, 2.75) is 25.7 Å². The Morgan fingerprint density at radius 1 is 0.857 bits per heavy atom. The number of nitrogens with zero attached hydrogens (tertiary/aromatic N) is 3. The predicted octanol–water partition coefficient (Wildman–Crippen LogP) is 4.22. The average molecular weight is 296 g/mol. The van der Waals surface area contributed by atoms with Gasteiger partial charge in [-0.25, -0.2) is 15.0 Å². The second-order valence-corrected chi connectivity index (χ2v) is 5.72. The number of halogens is 1. The monoisotopic (exact) mass is 295 g/mol. The number of hydrogen-bond donors (Lipinski definition) is 0. The highest BCUT2D eigenvalue weighted by Crippen LogP contribution is 2.28. The first-order valence-electron chi connectivity index (χ1n) is 7.23. The summed E-state index contributed by atoms with van der Waals surface area (Å²) in [4.78, 5) is 13.8. The highest BCUT2D eigenvalue weighted by Gasteiger charge is 2.17. The van der Waals surface area contributed by atoms with Crippen molar-refractivity contribution in [3.05, 3.63) is 52.8 Å². The molecule has 1 aliphatic carbocycles. The number of fused-ring (bicyclic) bond motifs is 2. The van der Waals surface area contributed by atoms with Crippen molar-refractivity contribution in [2.24, 2.45) is 0 Å². The van der Waals surface area contributed by atoms with E-state index in [9.17, 15) is 0 Å². The Labute approximate surface area is 128 Å². The Balaban J connectivity index is 1.86. The number of aryl methyl sites for hydroxylation is 1. The molecule has 0 saturated carbocycles. The summed E-state index contributed by atoms with van der Waals surface area (Å²) < 4.78 is 0. The fraction of sp³-hybridized carbons (Fsp3) is 0.235. The summed E-state index contributed by atoms with van der Waals surface area (Å²) in [6.45, 7) is 0. The van der Waals surface area contributed by atoms with Crippen molar-refractivity contribution in [1.29, 1.82) is 0 Å². The smallest absolute Gasteiger partial charge is 0.179 e. The van der Waals surface area contributed by atoms with Gasteiger partial charge in [0.05, 0.1) is 5.52 Å². The van der Waals surface area contributed by atoms with Gasteiger partial charge in [-0.05, 0) is 37.8 Å². The van der Waals surface area contributed by atoms with Gasteiger partial charge in [-0.3, -0.25) is 0 Å². The van der Waals surface area contributed by atoms with Crippen molar-refractivity contribution >= 4 is 22.5 Å². The number of pyridine rings is 1. The molecule has 1 aliphatic rings. The van der Waals surface area contributed by atoms with Crippen LogP contribution in [0.2, 0.25) is 5.15 Å². The molecule has 21 heavy (non-hydrogen) atoms. The zero-order valence-corrected chi connectivity index (χ0v) is 12.3. The summed E-state index contributed by atoms with van der Waals surface area (Å²) in [5, 5.41) is 1.70. The molecular weight excluding hydrogens is 282 g/mol. The Morgan fingerprint density at radius 3 is 2.67 bits per heavy atom. The van der Waals surface area contributed by atoms with E-state index in [2.05, 4.69) is 9.97 Å². The third kappa shape index (κ3) is 2.28. The van der Waals surface area contributed by atoms with Crippen LogP contribution in [0.5, 0.6) is 0 Å². The molecule has 0 aliphatic heterocycles. The van der Waals surface area contributed by atoms with E-state index in [-0.39, 0.29) is 0 Å². The quantitative estimate of drug-likeness (QED) is 0.631. The Hall–Kier alpha value is -2.00. The summed E-state index contributed by atoms with van der Waals surface area (Å²) >= 11 is 6.34. The van der Waals surface area contributed by atoms with E-state index in [1.54, 1.807) is 0 Å². The molecule has 0 unspecified atom stereocenters. The zero-order valence-electron chi connectivity index (χ0n) is 11.5. The van der Waals surface area contributed by atoms with Gasteiger partial charge >= 0.3 is 0 Å². The third-order valence-corrected chi connectivity index (χ3v) is 4.27. The van der Waals surface area contributed by atoms with Gasteiger partial charge in [-0.15, -0.1) is 0 Å². The number of rotatable bonds is 1. The van der Waals surface area contributed by atoms with Crippen molar-refractivity contribution in [1.82, 2.24) is 15.0 Å². The molecule has 4 rings (SSSR count). The number of benzene rings is 1. The van der Waals surface area contributed by atoms with Crippen molar-refractivity contribution < 1.29 is 0 Å². The summed E-state index contributed by atoms with van der Waals surface area (Å²) in [5.41, 5.74) is 3.94. The Morgan fingerprint density at radius 2 is 1.71 bits per heavy atom. The van der Waals surface area contributed by atoms with Crippen LogP contribution in [0, 0.1) is 0 Å². The first-order valence-corrected chi connectivity index (χ1v) is 7.60. The maximum atomic E-state index is 6.34. The minimum absolute atomic E-state index is 0.588. The minimum Gasteiger partial charge on any atom is -0.244 e. The lowest BCUT2D eigenvalue weighted by Gasteiger charge is -2.16.